The summed E-state index contributed by atoms with van der Waals surface area (Å²) in [6.07, 6.45) is 0.345. The van der Waals surface area contributed by atoms with Crippen molar-refractivity contribution >= 4 is 23.6 Å². The molecule has 21 heavy (non-hydrogen) atoms. The number of amides is 1. The first-order chi connectivity index (χ1) is 9.99. The molecule has 0 aliphatic heterocycles. The number of benzene rings is 1. The van der Waals surface area contributed by atoms with Crippen molar-refractivity contribution < 1.29 is 28.2 Å². The van der Waals surface area contributed by atoms with Crippen molar-refractivity contribution in [3.05, 3.63) is 29.8 Å². The number of carboxylic acid groups (broad SMARTS) is 1. The summed E-state index contributed by atoms with van der Waals surface area (Å²) in [7, 11) is 0. The SMILES string of the molecule is O=C(O)CSCC(=O)NCCc1ccccc1OC(F)F. The van der Waals surface area contributed by atoms with E-state index in [1.54, 1.807) is 18.2 Å². The zero-order valence-corrected chi connectivity index (χ0v) is 11.9. The molecular formula is C13H15F2NO4S. The number of carboxylic acids is 1. The predicted molar refractivity (Wildman–Crippen MR) is 74.7 cm³/mol. The van der Waals surface area contributed by atoms with E-state index in [2.05, 4.69) is 10.1 Å². The molecule has 0 heterocycles. The molecule has 1 amide bonds. The van der Waals surface area contributed by atoms with Crippen LogP contribution in [0.4, 0.5) is 8.78 Å². The van der Waals surface area contributed by atoms with Gasteiger partial charge in [-0.3, -0.25) is 9.59 Å². The van der Waals surface area contributed by atoms with Crippen molar-refractivity contribution in [1.82, 2.24) is 5.32 Å². The minimum absolute atomic E-state index is 0.0431. The smallest absolute Gasteiger partial charge is 0.387 e. The Hall–Kier alpha value is -1.83. The number of rotatable bonds is 9. The van der Waals surface area contributed by atoms with Crippen LogP contribution in [-0.4, -0.2) is 41.6 Å². The van der Waals surface area contributed by atoms with Gasteiger partial charge >= 0.3 is 12.6 Å². The average molecular weight is 319 g/mol. The van der Waals surface area contributed by atoms with E-state index in [1.807, 2.05) is 0 Å². The Morgan fingerprint density at radius 1 is 1.29 bits per heavy atom. The quantitative estimate of drug-likeness (QED) is 0.725. The van der Waals surface area contributed by atoms with E-state index >= 15 is 0 Å². The van der Waals surface area contributed by atoms with Crippen molar-refractivity contribution in [3.63, 3.8) is 0 Å². The molecule has 8 heteroatoms. The van der Waals surface area contributed by atoms with Crippen molar-refractivity contribution in [3.8, 4) is 5.75 Å². The molecule has 0 aliphatic rings. The van der Waals surface area contributed by atoms with Crippen LogP contribution in [0.2, 0.25) is 0 Å². The molecule has 0 spiro atoms. The van der Waals surface area contributed by atoms with Crippen LogP contribution in [0.15, 0.2) is 24.3 Å². The Labute approximate surface area is 124 Å². The Balaban J connectivity index is 2.35. The molecule has 1 aromatic rings. The lowest BCUT2D eigenvalue weighted by Crippen LogP contribution is -2.27. The van der Waals surface area contributed by atoms with E-state index in [-0.39, 0.29) is 29.7 Å². The van der Waals surface area contributed by atoms with Crippen LogP contribution in [0, 0.1) is 0 Å². The minimum Gasteiger partial charge on any atom is -0.481 e. The topological polar surface area (TPSA) is 75.6 Å². The van der Waals surface area contributed by atoms with Gasteiger partial charge in [-0.05, 0) is 18.1 Å². The molecule has 0 fully saturated rings. The number of thioether (sulfide) groups is 1. The molecular weight excluding hydrogens is 304 g/mol. The first kappa shape index (κ1) is 17.2. The van der Waals surface area contributed by atoms with Crippen molar-refractivity contribution in [2.24, 2.45) is 0 Å². The van der Waals surface area contributed by atoms with Crippen LogP contribution in [-0.2, 0) is 16.0 Å². The predicted octanol–water partition coefficient (Wildman–Crippen LogP) is 1.76. The van der Waals surface area contributed by atoms with E-state index in [0.29, 0.717) is 12.0 Å². The monoisotopic (exact) mass is 319 g/mol. The molecule has 0 unspecified atom stereocenters. The van der Waals surface area contributed by atoms with Gasteiger partial charge < -0.3 is 15.2 Å². The molecule has 1 rings (SSSR count). The Morgan fingerprint density at radius 2 is 2.00 bits per heavy atom. The summed E-state index contributed by atoms with van der Waals surface area (Å²) in [6, 6.07) is 6.36. The van der Waals surface area contributed by atoms with Crippen LogP contribution < -0.4 is 10.1 Å². The number of para-hydroxylation sites is 1. The third-order valence-corrected chi connectivity index (χ3v) is 3.28. The molecule has 116 valence electrons. The molecule has 5 nitrogen and oxygen atoms in total. The van der Waals surface area contributed by atoms with Gasteiger partial charge in [0, 0.05) is 6.54 Å². The number of halogens is 2. The Morgan fingerprint density at radius 3 is 2.67 bits per heavy atom. The summed E-state index contributed by atoms with van der Waals surface area (Å²) in [6.45, 7) is -2.64. The van der Waals surface area contributed by atoms with Crippen LogP contribution >= 0.6 is 11.8 Å². The molecule has 2 N–H and O–H groups in total. The summed E-state index contributed by atoms with van der Waals surface area (Å²) in [5.41, 5.74) is 0.566. The molecule has 0 radical (unpaired) electrons. The summed E-state index contributed by atoms with van der Waals surface area (Å²) in [5.74, 6) is -1.29. The van der Waals surface area contributed by atoms with Gasteiger partial charge in [-0.15, -0.1) is 11.8 Å². The summed E-state index contributed by atoms with van der Waals surface area (Å²) in [5, 5.41) is 11.0. The molecule has 0 aliphatic carbocycles. The maximum absolute atomic E-state index is 12.2. The third kappa shape index (κ3) is 7.50. The molecule has 0 saturated carbocycles. The lowest BCUT2D eigenvalue weighted by atomic mass is 10.1. The fraction of sp³-hybridized carbons (Fsp3) is 0.385. The van der Waals surface area contributed by atoms with E-state index in [1.165, 1.54) is 6.07 Å². The van der Waals surface area contributed by atoms with Crippen molar-refractivity contribution in [2.75, 3.05) is 18.1 Å². The third-order valence-electron chi connectivity index (χ3n) is 2.36. The number of aliphatic carboxylic acids is 1. The highest BCUT2D eigenvalue weighted by Crippen LogP contribution is 2.20. The van der Waals surface area contributed by atoms with Gasteiger partial charge in [0.15, 0.2) is 0 Å². The standard InChI is InChI=1S/C13H15F2NO4S/c14-13(15)20-10-4-2-1-3-9(10)5-6-16-11(17)7-21-8-12(18)19/h1-4,13H,5-8H2,(H,16,17)(H,18,19). The van der Waals surface area contributed by atoms with Gasteiger partial charge in [-0.2, -0.15) is 8.78 Å². The lowest BCUT2D eigenvalue weighted by Gasteiger charge is -2.10. The molecule has 0 aromatic heterocycles. The largest absolute Gasteiger partial charge is 0.481 e. The normalized spacial score (nSPS) is 10.4. The number of hydrogen-bond donors (Lipinski definition) is 2. The molecule has 0 saturated heterocycles. The number of ether oxygens (including phenoxy) is 1. The molecule has 0 atom stereocenters. The van der Waals surface area contributed by atoms with Crippen LogP contribution in [0.1, 0.15) is 5.56 Å². The number of nitrogens with one attached hydrogen (secondary N) is 1. The van der Waals surface area contributed by atoms with E-state index in [9.17, 15) is 18.4 Å². The van der Waals surface area contributed by atoms with Crippen LogP contribution in [0.5, 0.6) is 5.75 Å². The molecule has 1 aromatic carbocycles. The van der Waals surface area contributed by atoms with Crippen LogP contribution in [0.3, 0.4) is 0 Å². The number of carbonyl (C=O) groups excluding carboxylic acids is 1. The molecule has 0 bridgehead atoms. The highest BCUT2D eigenvalue weighted by molar-refractivity contribution is 8.00. The van der Waals surface area contributed by atoms with E-state index < -0.39 is 12.6 Å². The van der Waals surface area contributed by atoms with Gasteiger partial charge in [-0.1, -0.05) is 18.2 Å². The van der Waals surface area contributed by atoms with Crippen molar-refractivity contribution in [2.45, 2.75) is 13.0 Å². The van der Waals surface area contributed by atoms with Gasteiger partial charge in [0.05, 0.1) is 11.5 Å². The Kier molecular flexibility index (Phi) is 7.52. The highest BCUT2D eigenvalue weighted by Gasteiger charge is 2.09. The highest BCUT2D eigenvalue weighted by atomic mass is 32.2. The summed E-state index contributed by atoms with van der Waals surface area (Å²) < 4.78 is 28.8. The average Bonchev–Trinajstić information content (AvgIpc) is 2.39. The maximum atomic E-state index is 12.2. The first-order valence-electron chi connectivity index (χ1n) is 6.08. The number of alkyl halides is 2. The summed E-state index contributed by atoms with van der Waals surface area (Å²) in [4.78, 5) is 21.7. The lowest BCUT2D eigenvalue weighted by molar-refractivity contribution is -0.133. The maximum Gasteiger partial charge on any atom is 0.387 e. The second-order valence-electron chi connectivity index (χ2n) is 3.97. The first-order valence-corrected chi connectivity index (χ1v) is 7.23. The zero-order valence-electron chi connectivity index (χ0n) is 11.1. The zero-order chi connectivity index (χ0) is 15.7. The fourth-order valence-corrected chi connectivity index (χ4v) is 2.10. The van der Waals surface area contributed by atoms with Crippen molar-refractivity contribution in [1.29, 1.82) is 0 Å². The number of hydrogen-bond acceptors (Lipinski definition) is 4. The van der Waals surface area contributed by atoms with Crippen LogP contribution in [0.25, 0.3) is 0 Å². The van der Waals surface area contributed by atoms with E-state index in [0.717, 1.165) is 11.8 Å². The Bertz CT molecular complexity index is 485. The second kappa shape index (κ2) is 9.17. The van der Waals surface area contributed by atoms with Gasteiger partial charge in [0.2, 0.25) is 5.91 Å². The summed E-state index contributed by atoms with van der Waals surface area (Å²) >= 11 is 0.992. The second-order valence-corrected chi connectivity index (χ2v) is 4.96. The van der Waals surface area contributed by atoms with E-state index in [4.69, 9.17) is 5.11 Å². The van der Waals surface area contributed by atoms with Gasteiger partial charge in [-0.25, -0.2) is 0 Å². The van der Waals surface area contributed by atoms with Gasteiger partial charge in [0.1, 0.15) is 5.75 Å². The minimum atomic E-state index is -2.90. The van der Waals surface area contributed by atoms with Gasteiger partial charge in [0.25, 0.3) is 0 Å². The number of carbonyl (C=O) groups is 2. The fourth-order valence-electron chi connectivity index (χ4n) is 1.54.